The first-order valence-corrected chi connectivity index (χ1v) is 9.49. The minimum atomic E-state index is -1.24. The van der Waals surface area contributed by atoms with E-state index >= 15 is 0 Å². The van der Waals surface area contributed by atoms with E-state index in [4.69, 9.17) is 16.7 Å². The summed E-state index contributed by atoms with van der Waals surface area (Å²) in [6.07, 6.45) is 1.27. The summed E-state index contributed by atoms with van der Waals surface area (Å²) in [5.41, 5.74) is 2.14. The first-order chi connectivity index (χ1) is 13.8. The lowest BCUT2D eigenvalue weighted by molar-refractivity contribution is -0.131. The summed E-state index contributed by atoms with van der Waals surface area (Å²) in [6.45, 7) is 0. The fourth-order valence-electron chi connectivity index (χ4n) is 2.57. The summed E-state index contributed by atoms with van der Waals surface area (Å²) in [6, 6.07) is 16.9. The molecule has 2 aromatic carbocycles. The standard InChI is InChI=1S/C21H14ClNO5S/c22-16(20(25)26)10-12-6-8-14(9-7-12)19(24)23-17-11-15(18(29-17)21(27)28)13-4-2-1-3-5-13/h1-11H,(H,23,24)(H,25,26)(H,27,28)/b16-10-. The van der Waals surface area contributed by atoms with Gasteiger partial charge in [-0.2, -0.15) is 0 Å². The maximum absolute atomic E-state index is 12.5. The van der Waals surface area contributed by atoms with Gasteiger partial charge in [0.15, 0.2) is 0 Å². The average Bonchev–Trinajstić information content (AvgIpc) is 3.13. The van der Waals surface area contributed by atoms with Crippen LogP contribution < -0.4 is 5.32 Å². The van der Waals surface area contributed by atoms with Gasteiger partial charge in [0.2, 0.25) is 0 Å². The zero-order chi connectivity index (χ0) is 21.0. The van der Waals surface area contributed by atoms with Crippen LogP contribution in [0.4, 0.5) is 5.00 Å². The van der Waals surface area contributed by atoms with E-state index in [-0.39, 0.29) is 9.91 Å². The minimum Gasteiger partial charge on any atom is -0.477 e. The van der Waals surface area contributed by atoms with Gasteiger partial charge in [0.05, 0.1) is 5.00 Å². The van der Waals surface area contributed by atoms with Gasteiger partial charge in [0.1, 0.15) is 9.91 Å². The molecular formula is C21H14ClNO5S. The van der Waals surface area contributed by atoms with Crippen molar-refractivity contribution >= 4 is 51.9 Å². The fourth-order valence-corrected chi connectivity index (χ4v) is 3.61. The number of hydrogen-bond acceptors (Lipinski definition) is 4. The predicted octanol–water partition coefficient (Wildman–Crippen LogP) is 5.03. The highest BCUT2D eigenvalue weighted by Gasteiger charge is 2.18. The van der Waals surface area contributed by atoms with Gasteiger partial charge in [-0.1, -0.05) is 54.1 Å². The minimum absolute atomic E-state index is 0.135. The number of halogens is 1. The van der Waals surface area contributed by atoms with Gasteiger partial charge in [-0.05, 0) is 35.4 Å². The van der Waals surface area contributed by atoms with Crippen molar-refractivity contribution in [1.82, 2.24) is 0 Å². The molecule has 0 unspecified atom stereocenters. The molecule has 0 aliphatic carbocycles. The summed E-state index contributed by atoms with van der Waals surface area (Å²) in [4.78, 5) is 35.0. The predicted molar refractivity (Wildman–Crippen MR) is 113 cm³/mol. The van der Waals surface area contributed by atoms with Gasteiger partial charge in [0, 0.05) is 11.1 Å². The Hall–Kier alpha value is -3.42. The van der Waals surface area contributed by atoms with Crippen LogP contribution >= 0.6 is 22.9 Å². The third-order valence-electron chi connectivity index (χ3n) is 3.92. The number of hydrogen-bond donors (Lipinski definition) is 3. The Kier molecular flexibility index (Phi) is 6.11. The Morgan fingerprint density at radius 2 is 1.62 bits per heavy atom. The van der Waals surface area contributed by atoms with E-state index < -0.39 is 17.8 Å². The molecule has 3 rings (SSSR count). The van der Waals surface area contributed by atoms with Crippen LogP contribution in [0.25, 0.3) is 17.2 Å². The number of amides is 1. The van der Waals surface area contributed by atoms with Crippen molar-refractivity contribution in [3.05, 3.63) is 81.7 Å². The number of nitrogens with one attached hydrogen (secondary N) is 1. The Labute approximate surface area is 174 Å². The van der Waals surface area contributed by atoms with E-state index in [1.807, 2.05) is 18.2 Å². The Morgan fingerprint density at radius 3 is 2.21 bits per heavy atom. The quantitative estimate of drug-likeness (QED) is 0.478. The molecule has 3 N–H and O–H groups in total. The van der Waals surface area contributed by atoms with Crippen LogP contribution in [0, 0.1) is 0 Å². The Balaban J connectivity index is 1.81. The van der Waals surface area contributed by atoms with Gasteiger partial charge in [-0.15, -0.1) is 11.3 Å². The molecular weight excluding hydrogens is 414 g/mol. The van der Waals surface area contributed by atoms with Crippen molar-refractivity contribution in [2.45, 2.75) is 0 Å². The first kappa shape index (κ1) is 20.3. The average molecular weight is 428 g/mol. The number of aromatic carboxylic acids is 1. The molecule has 0 aliphatic rings. The Bertz CT molecular complexity index is 1100. The number of rotatable bonds is 6. The molecule has 0 aliphatic heterocycles. The highest BCUT2D eigenvalue weighted by molar-refractivity contribution is 7.18. The molecule has 0 bridgehead atoms. The van der Waals surface area contributed by atoms with Crippen LogP contribution in [0.3, 0.4) is 0 Å². The van der Waals surface area contributed by atoms with E-state index in [0.29, 0.717) is 21.7 Å². The number of carboxylic acid groups (broad SMARTS) is 2. The van der Waals surface area contributed by atoms with E-state index in [1.165, 1.54) is 18.2 Å². The molecule has 6 nitrogen and oxygen atoms in total. The van der Waals surface area contributed by atoms with Gasteiger partial charge in [-0.3, -0.25) is 4.79 Å². The summed E-state index contributed by atoms with van der Waals surface area (Å²) in [5.74, 6) is -2.72. The lowest BCUT2D eigenvalue weighted by atomic mass is 10.1. The third kappa shape index (κ3) is 4.90. The molecule has 0 radical (unpaired) electrons. The first-order valence-electron chi connectivity index (χ1n) is 8.29. The zero-order valence-corrected chi connectivity index (χ0v) is 16.3. The van der Waals surface area contributed by atoms with E-state index in [2.05, 4.69) is 5.32 Å². The summed E-state index contributed by atoms with van der Waals surface area (Å²) in [5, 5.41) is 21.0. The van der Waals surface area contributed by atoms with Crippen molar-refractivity contribution in [2.75, 3.05) is 5.32 Å². The normalized spacial score (nSPS) is 11.1. The second-order valence-electron chi connectivity index (χ2n) is 5.90. The molecule has 146 valence electrons. The van der Waals surface area contributed by atoms with Crippen LogP contribution in [0.1, 0.15) is 25.6 Å². The molecule has 0 saturated heterocycles. The number of aliphatic carboxylic acids is 1. The number of carbonyl (C=O) groups excluding carboxylic acids is 1. The summed E-state index contributed by atoms with van der Waals surface area (Å²) in [7, 11) is 0. The lowest BCUT2D eigenvalue weighted by Gasteiger charge is -2.03. The number of thiophene rings is 1. The molecule has 0 saturated carbocycles. The summed E-state index contributed by atoms with van der Waals surface area (Å²) >= 11 is 6.57. The zero-order valence-electron chi connectivity index (χ0n) is 14.8. The highest BCUT2D eigenvalue weighted by atomic mass is 35.5. The van der Waals surface area contributed by atoms with Crippen molar-refractivity contribution in [3.63, 3.8) is 0 Å². The molecule has 29 heavy (non-hydrogen) atoms. The topological polar surface area (TPSA) is 104 Å². The third-order valence-corrected chi connectivity index (χ3v) is 5.23. The molecule has 1 aromatic heterocycles. The number of carboxylic acids is 2. The van der Waals surface area contributed by atoms with Crippen LogP contribution in [-0.4, -0.2) is 28.1 Å². The molecule has 8 heteroatoms. The maximum Gasteiger partial charge on any atom is 0.347 e. The molecule has 1 heterocycles. The molecule has 0 fully saturated rings. The van der Waals surface area contributed by atoms with Crippen LogP contribution in [0.15, 0.2) is 65.7 Å². The smallest absolute Gasteiger partial charge is 0.347 e. The largest absolute Gasteiger partial charge is 0.477 e. The SMILES string of the molecule is O=C(O)/C(Cl)=C/c1ccc(C(=O)Nc2cc(-c3ccccc3)c(C(=O)O)s2)cc1. The molecule has 0 atom stereocenters. The van der Waals surface area contributed by atoms with E-state index in [1.54, 1.807) is 30.3 Å². The molecule has 3 aromatic rings. The van der Waals surface area contributed by atoms with Gasteiger partial charge >= 0.3 is 11.9 Å². The summed E-state index contributed by atoms with van der Waals surface area (Å²) < 4.78 is 0. The maximum atomic E-state index is 12.5. The number of anilines is 1. The fraction of sp³-hybridized carbons (Fsp3) is 0. The number of carbonyl (C=O) groups is 3. The lowest BCUT2D eigenvalue weighted by Crippen LogP contribution is -2.10. The second-order valence-corrected chi connectivity index (χ2v) is 7.36. The van der Waals surface area contributed by atoms with Crippen molar-refractivity contribution < 1.29 is 24.6 Å². The molecule has 1 amide bonds. The second kappa shape index (κ2) is 8.72. The van der Waals surface area contributed by atoms with Crippen molar-refractivity contribution in [1.29, 1.82) is 0 Å². The van der Waals surface area contributed by atoms with Crippen LogP contribution in [0.5, 0.6) is 0 Å². The van der Waals surface area contributed by atoms with E-state index in [9.17, 15) is 19.5 Å². The van der Waals surface area contributed by atoms with Crippen molar-refractivity contribution in [2.24, 2.45) is 0 Å². The number of benzene rings is 2. The monoisotopic (exact) mass is 427 g/mol. The van der Waals surface area contributed by atoms with Gasteiger partial charge in [0.25, 0.3) is 5.91 Å². The highest BCUT2D eigenvalue weighted by Crippen LogP contribution is 2.35. The molecule has 0 spiro atoms. The van der Waals surface area contributed by atoms with Crippen LogP contribution in [0.2, 0.25) is 0 Å². The van der Waals surface area contributed by atoms with Crippen LogP contribution in [-0.2, 0) is 4.79 Å². The van der Waals surface area contributed by atoms with Gasteiger partial charge < -0.3 is 15.5 Å². The van der Waals surface area contributed by atoms with E-state index in [0.717, 1.165) is 16.9 Å². The van der Waals surface area contributed by atoms with Crippen molar-refractivity contribution in [3.8, 4) is 11.1 Å². The Morgan fingerprint density at radius 1 is 0.966 bits per heavy atom. The van der Waals surface area contributed by atoms with Gasteiger partial charge in [-0.25, -0.2) is 9.59 Å².